The van der Waals surface area contributed by atoms with Crippen LogP contribution in [0.5, 0.6) is 0 Å². The molecule has 2 aromatic carbocycles. The van der Waals surface area contributed by atoms with Crippen LogP contribution in [0.25, 0.3) is 5.69 Å². The van der Waals surface area contributed by atoms with Gasteiger partial charge in [0, 0.05) is 5.56 Å². The molecule has 5 nitrogen and oxygen atoms in total. The molecule has 0 saturated carbocycles. The van der Waals surface area contributed by atoms with E-state index in [0.717, 1.165) is 5.69 Å². The zero-order valence-corrected chi connectivity index (χ0v) is 14.5. The molecule has 3 rings (SSSR count). The van der Waals surface area contributed by atoms with E-state index in [1.165, 1.54) is 13.1 Å². The van der Waals surface area contributed by atoms with Crippen LogP contribution in [0.4, 0.5) is 5.69 Å². The number of halogens is 1. The molecule has 0 bridgehead atoms. The second kappa shape index (κ2) is 6.91. The molecule has 0 unspecified atom stereocenters. The quantitative estimate of drug-likeness (QED) is 0.711. The Balaban J connectivity index is 1.89. The van der Waals surface area contributed by atoms with E-state index in [4.69, 9.17) is 11.6 Å². The number of para-hydroxylation sites is 1. The molecule has 0 saturated heterocycles. The number of aromatic nitrogens is 2. The molecule has 6 heteroatoms. The number of nitrogens with one attached hydrogen (secondary N) is 1. The van der Waals surface area contributed by atoms with E-state index in [9.17, 15) is 9.59 Å². The number of benzene rings is 2. The summed E-state index contributed by atoms with van der Waals surface area (Å²) >= 11 is 6.13. The summed E-state index contributed by atoms with van der Waals surface area (Å²) in [5, 5.41) is 7.40. The molecule has 0 aliphatic carbocycles. The number of anilines is 1. The van der Waals surface area contributed by atoms with E-state index in [1.807, 2.05) is 37.3 Å². The minimum atomic E-state index is -0.331. The molecule has 1 aromatic heterocycles. The summed E-state index contributed by atoms with van der Waals surface area (Å²) in [4.78, 5) is 24.1. The molecule has 0 aliphatic rings. The third kappa shape index (κ3) is 3.46. The van der Waals surface area contributed by atoms with E-state index in [0.29, 0.717) is 27.5 Å². The number of Topliss-reactive ketones (excluding diaryl/α,β-unsaturated/α-hetero) is 1. The summed E-state index contributed by atoms with van der Waals surface area (Å²) in [6, 6.07) is 14.3. The third-order valence-corrected chi connectivity index (χ3v) is 4.21. The Bertz CT molecular complexity index is 949. The Morgan fingerprint density at radius 3 is 2.52 bits per heavy atom. The van der Waals surface area contributed by atoms with Gasteiger partial charge in [-0.2, -0.15) is 5.10 Å². The Labute approximate surface area is 150 Å². The summed E-state index contributed by atoms with van der Waals surface area (Å²) in [6.07, 6.45) is 1.51. The number of ketones is 1. The summed E-state index contributed by atoms with van der Waals surface area (Å²) in [7, 11) is 0. The van der Waals surface area contributed by atoms with Gasteiger partial charge >= 0.3 is 0 Å². The summed E-state index contributed by atoms with van der Waals surface area (Å²) in [5.74, 6) is -0.428. The lowest BCUT2D eigenvalue weighted by Crippen LogP contribution is -2.14. The van der Waals surface area contributed by atoms with Crippen molar-refractivity contribution in [1.29, 1.82) is 0 Å². The normalized spacial score (nSPS) is 10.5. The van der Waals surface area contributed by atoms with Crippen LogP contribution in [0.2, 0.25) is 5.02 Å². The minimum absolute atomic E-state index is 0.0970. The Kier molecular flexibility index (Phi) is 4.67. The van der Waals surface area contributed by atoms with Crippen LogP contribution in [0.1, 0.15) is 33.3 Å². The van der Waals surface area contributed by atoms with E-state index < -0.39 is 0 Å². The monoisotopic (exact) mass is 353 g/mol. The van der Waals surface area contributed by atoms with Gasteiger partial charge in [0.05, 0.1) is 33.9 Å². The van der Waals surface area contributed by atoms with Crippen LogP contribution in [0.15, 0.2) is 54.7 Å². The van der Waals surface area contributed by atoms with E-state index in [-0.39, 0.29) is 11.7 Å². The average molecular weight is 354 g/mol. The number of nitrogens with zero attached hydrogens (tertiary/aromatic N) is 2. The second-order valence-corrected chi connectivity index (χ2v) is 6.00. The maximum Gasteiger partial charge on any atom is 0.259 e. The standard InChI is InChI=1S/C19H16ClN3O2/c1-12-16(11-21-23(12)15-6-4-3-5-7-15)19(25)22-18-10-14(13(2)24)8-9-17(18)20/h3-11H,1-2H3,(H,22,25). The van der Waals surface area contributed by atoms with Gasteiger partial charge in [-0.3, -0.25) is 9.59 Å². The predicted molar refractivity (Wildman–Crippen MR) is 97.7 cm³/mol. The topological polar surface area (TPSA) is 64.0 Å². The lowest BCUT2D eigenvalue weighted by atomic mass is 10.1. The molecular formula is C19H16ClN3O2. The van der Waals surface area contributed by atoms with Crippen LogP contribution in [-0.4, -0.2) is 21.5 Å². The highest BCUT2D eigenvalue weighted by molar-refractivity contribution is 6.34. The number of rotatable bonds is 4. The van der Waals surface area contributed by atoms with Gasteiger partial charge < -0.3 is 5.32 Å². The molecule has 126 valence electrons. The smallest absolute Gasteiger partial charge is 0.259 e. The summed E-state index contributed by atoms with van der Waals surface area (Å²) < 4.78 is 1.70. The number of carbonyl (C=O) groups excluding carboxylic acids is 2. The van der Waals surface area contributed by atoms with Crippen molar-refractivity contribution in [2.75, 3.05) is 5.32 Å². The highest BCUT2D eigenvalue weighted by Crippen LogP contribution is 2.24. The van der Waals surface area contributed by atoms with Crippen LogP contribution >= 0.6 is 11.6 Å². The molecule has 1 amide bonds. The predicted octanol–water partition coefficient (Wildman–Crippen LogP) is 4.29. The Hall–Kier alpha value is -2.92. The zero-order chi connectivity index (χ0) is 18.0. The fraction of sp³-hybridized carbons (Fsp3) is 0.105. The average Bonchev–Trinajstić information content (AvgIpc) is 2.99. The molecule has 0 fully saturated rings. The van der Waals surface area contributed by atoms with Crippen molar-refractivity contribution in [3.8, 4) is 5.69 Å². The van der Waals surface area contributed by atoms with Gasteiger partial charge in [0.1, 0.15) is 0 Å². The van der Waals surface area contributed by atoms with Crippen molar-refractivity contribution < 1.29 is 9.59 Å². The first-order valence-electron chi connectivity index (χ1n) is 7.69. The lowest BCUT2D eigenvalue weighted by Gasteiger charge is -2.09. The maximum atomic E-state index is 12.6. The first kappa shape index (κ1) is 16.9. The van der Waals surface area contributed by atoms with Gasteiger partial charge in [0.2, 0.25) is 0 Å². The number of hydrogen-bond donors (Lipinski definition) is 1. The van der Waals surface area contributed by atoms with Gasteiger partial charge in [0.15, 0.2) is 5.78 Å². The Morgan fingerprint density at radius 2 is 1.84 bits per heavy atom. The number of hydrogen-bond acceptors (Lipinski definition) is 3. The molecule has 0 aliphatic heterocycles. The van der Waals surface area contributed by atoms with Gasteiger partial charge in [-0.05, 0) is 44.2 Å². The highest BCUT2D eigenvalue weighted by atomic mass is 35.5. The van der Waals surface area contributed by atoms with Crippen LogP contribution < -0.4 is 5.32 Å². The summed E-state index contributed by atoms with van der Waals surface area (Å²) in [6.45, 7) is 3.28. The fourth-order valence-electron chi connectivity index (χ4n) is 2.49. The SMILES string of the molecule is CC(=O)c1ccc(Cl)c(NC(=O)c2cnn(-c3ccccc3)c2C)c1. The van der Waals surface area contributed by atoms with Gasteiger partial charge in [-0.25, -0.2) is 4.68 Å². The molecular weight excluding hydrogens is 338 g/mol. The van der Waals surface area contributed by atoms with Gasteiger partial charge in [0.25, 0.3) is 5.91 Å². The van der Waals surface area contributed by atoms with E-state index in [1.54, 1.807) is 22.9 Å². The van der Waals surface area contributed by atoms with Crippen molar-refractivity contribution in [2.24, 2.45) is 0 Å². The molecule has 0 spiro atoms. The lowest BCUT2D eigenvalue weighted by molar-refractivity contribution is 0.101. The second-order valence-electron chi connectivity index (χ2n) is 5.60. The number of carbonyl (C=O) groups is 2. The molecule has 3 aromatic rings. The van der Waals surface area contributed by atoms with Gasteiger partial charge in [-0.1, -0.05) is 29.8 Å². The highest BCUT2D eigenvalue weighted by Gasteiger charge is 2.17. The van der Waals surface area contributed by atoms with Crippen molar-refractivity contribution in [3.63, 3.8) is 0 Å². The van der Waals surface area contributed by atoms with Gasteiger partial charge in [-0.15, -0.1) is 0 Å². The van der Waals surface area contributed by atoms with E-state index >= 15 is 0 Å². The Morgan fingerprint density at radius 1 is 1.12 bits per heavy atom. The summed E-state index contributed by atoms with van der Waals surface area (Å²) in [5.41, 5.74) is 2.90. The van der Waals surface area contributed by atoms with Crippen molar-refractivity contribution >= 4 is 29.0 Å². The fourth-order valence-corrected chi connectivity index (χ4v) is 2.66. The molecule has 1 heterocycles. The van der Waals surface area contributed by atoms with Crippen molar-refractivity contribution in [2.45, 2.75) is 13.8 Å². The minimum Gasteiger partial charge on any atom is -0.321 e. The first-order valence-corrected chi connectivity index (χ1v) is 8.07. The first-order chi connectivity index (χ1) is 12.0. The van der Waals surface area contributed by atoms with Crippen LogP contribution in [0, 0.1) is 6.92 Å². The largest absolute Gasteiger partial charge is 0.321 e. The zero-order valence-electron chi connectivity index (χ0n) is 13.8. The maximum absolute atomic E-state index is 12.6. The van der Waals surface area contributed by atoms with Crippen molar-refractivity contribution in [3.05, 3.63) is 76.6 Å². The van der Waals surface area contributed by atoms with Crippen LogP contribution in [-0.2, 0) is 0 Å². The number of amides is 1. The molecule has 0 atom stereocenters. The van der Waals surface area contributed by atoms with Crippen molar-refractivity contribution in [1.82, 2.24) is 9.78 Å². The third-order valence-electron chi connectivity index (χ3n) is 3.88. The van der Waals surface area contributed by atoms with Crippen LogP contribution in [0.3, 0.4) is 0 Å². The molecule has 0 radical (unpaired) electrons. The van der Waals surface area contributed by atoms with E-state index in [2.05, 4.69) is 10.4 Å². The molecule has 25 heavy (non-hydrogen) atoms. The molecule has 1 N–H and O–H groups in total.